The lowest BCUT2D eigenvalue weighted by Gasteiger charge is -2.16. The van der Waals surface area contributed by atoms with Crippen LogP contribution in [0.5, 0.6) is 0 Å². The minimum absolute atomic E-state index is 0.444. The van der Waals surface area contributed by atoms with Gasteiger partial charge in [-0.05, 0) is 81.0 Å². The fraction of sp³-hybridized carbons (Fsp3) is 0.207. The van der Waals surface area contributed by atoms with Crippen molar-refractivity contribution in [3.8, 4) is 0 Å². The Hall–Kier alpha value is -3.24. The molecule has 0 atom stereocenters. The van der Waals surface area contributed by atoms with Crippen LogP contribution in [0.15, 0.2) is 70.7 Å². The van der Waals surface area contributed by atoms with Crippen molar-refractivity contribution in [3.05, 3.63) is 104 Å². The number of hydrogen-bond acceptors (Lipinski definition) is 3. The first-order chi connectivity index (χ1) is 16.0. The zero-order valence-corrected chi connectivity index (χ0v) is 19.6. The van der Waals surface area contributed by atoms with Crippen molar-refractivity contribution in [1.29, 1.82) is 0 Å². The standard InChI is InChI=1S/C19H18O2S.C10H9N/c1-22(20,21)19-8-4-7-15-17-10-9-13-5-2-3-6-14(13)16(17)11-12-18(15)19;1-2-4-10-6-8-11-7-5-9(10)3-1/h4-5,7-10,12H,2-3,6,11H2,1H3;1-5,7-8H,6H2. The van der Waals surface area contributed by atoms with Crippen molar-refractivity contribution >= 4 is 34.3 Å². The summed E-state index contributed by atoms with van der Waals surface area (Å²) in [6.07, 6.45) is 16.8. The zero-order chi connectivity index (χ0) is 22.8. The Balaban J connectivity index is 0.000000174. The number of nitrogens with zero attached hydrogens (tertiary/aromatic N) is 1. The molecule has 3 aromatic carbocycles. The van der Waals surface area contributed by atoms with Crippen molar-refractivity contribution in [2.75, 3.05) is 6.26 Å². The van der Waals surface area contributed by atoms with Gasteiger partial charge in [0.1, 0.15) is 0 Å². The molecular weight excluding hydrogens is 426 g/mol. The highest BCUT2D eigenvalue weighted by atomic mass is 32.2. The number of fused-ring (bicyclic) bond motifs is 5. The second-order valence-corrected chi connectivity index (χ2v) is 10.7. The van der Waals surface area contributed by atoms with E-state index in [0.717, 1.165) is 36.1 Å². The lowest BCUT2D eigenvalue weighted by atomic mass is 9.89. The number of aliphatic imine (C=N–C) groups is 1. The van der Waals surface area contributed by atoms with Crippen LogP contribution in [0.1, 0.15) is 35.1 Å². The summed E-state index contributed by atoms with van der Waals surface area (Å²) in [4.78, 5) is 4.52. The molecule has 33 heavy (non-hydrogen) atoms. The summed E-state index contributed by atoms with van der Waals surface area (Å²) in [7, 11) is -3.20. The van der Waals surface area contributed by atoms with Crippen LogP contribution in [0.2, 0.25) is 0 Å². The van der Waals surface area contributed by atoms with Gasteiger partial charge in [0.2, 0.25) is 0 Å². The van der Waals surface area contributed by atoms with E-state index in [2.05, 4.69) is 53.5 Å². The molecule has 3 aromatic rings. The van der Waals surface area contributed by atoms with Crippen LogP contribution >= 0.6 is 0 Å². The number of benzene rings is 3. The SMILES string of the molecule is C1=Cc2ccccc2CC=N1.CS(=O)(=O)c1cccc2c1=CCc1c3c(ccc1=2)=CCCC3. The molecule has 0 saturated heterocycles. The van der Waals surface area contributed by atoms with Crippen LogP contribution in [0.4, 0.5) is 0 Å². The first kappa shape index (κ1) is 21.6. The molecule has 0 bridgehead atoms. The largest absolute Gasteiger partial charge is 0.269 e. The van der Waals surface area contributed by atoms with Gasteiger partial charge in [-0.25, -0.2) is 8.42 Å². The topological polar surface area (TPSA) is 46.5 Å². The number of rotatable bonds is 1. The molecule has 0 N–H and O–H groups in total. The summed E-state index contributed by atoms with van der Waals surface area (Å²) in [5.74, 6) is 0. The van der Waals surface area contributed by atoms with Gasteiger partial charge >= 0.3 is 0 Å². The van der Waals surface area contributed by atoms with Crippen LogP contribution in [-0.4, -0.2) is 20.9 Å². The van der Waals surface area contributed by atoms with Crippen molar-refractivity contribution in [3.63, 3.8) is 0 Å². The van der Waals surface area contributed by atoms with Crippen molar-refractivity contribution in [2.45, 2.75) is 37.0 Å². The lowest BCUT2D eigenvalue weighted by molar-refractivity contribution is 0.601. The third kappa shape index (κ3) is 4.36. The fourth-order valence-electron chi connectivity index (χ4n) is 4.95. The van der Waals surface area contributed by atoms with Gasteiger partial charge in [0.15, 0.2) is 9.84 Å². The van der Waals surface area contributed by atoms with E-state index in [4.69, 9.17) is 0 Å². The van der Waals surface area contributed by atoms with Crippen molar-refractivity contribution in [1.82, 2.24) is 0 Å². The average molecular weight is 454 g/mol. The van der Waals surface area contributed by atoms with Gasteiger partial charge in [-0.15, -0.1) is 0 Å². The van der Waals surface area contributed by atoms with Gasteiger partial charge in [-0.3, -0.25) is 4.99 Å². The van der Waals surface area contributed by atoms with Crippen molar-refractivity contribution in [2.24, 2.45) is 4.99 Å². The van der Waals surface area contributed by atoms with Gasteiger partial charge in [-0.2, -0.15) is 0 Å². The Morgan fingerprint density at radius 3 is 2.61 bits per heavy atom. The van der Waals surface area contributed by atoms with E-state index in [1.165, 1.54) is 45.4 Å². The molecular formula is C29H27NO2S. The maximum Gasteiger partial charge on any atom is 0.176 e. The molecule has 0 aromatic heterocycles. The summed E-state index contributed by atoms with van der Waals surface area (Å²) in [6.45, 7) is 0. The smallest absolute Gasteiger partial charge is 0.176 e. The molecule has 3 aliphatic rings. The Morgan fingerprint density at radius 2 is 1.73 bits per heavy atom. The van der Waals surface area contributed by atoms with E-state index in [1.807, 2.05) is 30.6 Å². The highest BCUT2D eigenvalue weighted by Gasteiger charge is 2.15. The molecule has 1 heterocycles. The summed E-state index contributed by atoms with van der Waals surface area (Å²) in [5, 5.41) is 4.49. The van der Waals surface area contributed by atoms with E-state index in [-0.39, 0.29) is 0 Å². The van der Waals surface area contributed by atoms with Crippen LogP contribution in [0.3, 0.4) is 0 Å². The third-order valence-electron chi connectivity index (χ3n) is 6.54. The maximum atomic E-state index is 12.0. The predicted octanol–water partition coefficient (Wildman–Crippen LogP) is 4.11. The Labute approximate surface area is 194 Å². The third-order valence-corrected chi connectivity index (χ3v) is 7.70. The molecule has 2 aliphatic carbocycles. The number of sulfone groups is 1. The minimum Gasteiger partial charge on any atom is -0.269 e. The molecule has 0 fully saturated rings. The van der Waals surface area contributed by atoms with Crippen LogP contribution in [0.25, 0.3) is 18.2 Å². The second kappa shape index (κ2) is 8.95. The normalized spacial score (nSPS) is 15.3. The van der Waals surface area contributed by atoms with E-state index >= 15 is 0 Å². The Kier molecular flexibility index (Phi) is 5.86. The van der Waals surface area contributed by atoms with Gasteiger partial charge < -0.3 is 0 Å². The van der Waals surface area contributed by atoms with E-state index in [9.17, 15) is 8.42 Å². The monoisotopic (exact) mass is 453 g/mol. The van der Waals surface area contributed by atoms with Crippen LogP contribution in [0, 0.1) is 10.4 Å². The summed E-state index contributed by atoms with van der Waals surface area (Å²) in [6, 6.07) is 18.3. The first-order valence-corrected chi connectivity index (χ1v) is 13.3. The molecule has 6 rings (SSSR count). The zero-order valence-electron chi connectivity index (χ0n) is 18.8. The predicted molar refractivity (Wildman–Crippen MR) is 136 cm³/mol. The van der Waals surface area contributed by atoms with Crippen molar-refractivity contribution < 1.29 is 8.42 Å². The van der Waals surface area contributed by atoms with Gasteiger partial charge in [0.25, 0.3) is 0 Å². The molecule has 166 valence electrons. The molecule has 0 saturated carbocycles. The van der Waals surface area contributed by atoms with E-state index in [0.29, 0.717) is 4.90 Å². The van der Waals surface area contributed by atoms with Crippen LogP contribution in [-0.2, 0) is 29.1 Å². The molecule has 0 radical (unpaired) electrons. The minimum atomic E-state index is -3.20. The Bertz CT molecular complexity index is 1610. The van der Waals surface area contributed by atoms with E-state index < -0.39 is 9.84 Å². The highest BCUT2D eigenvalue weighted by molar-refractivity contribution is 7.90. The average Bonchev–Trinajstić information content (AvgIpc) is 3.09. The van der Waals surface area contributed by atoms with Crippen LogP contribution < -0.4 is 10.4 Å². The Morgan fingerprint density at radius 1 is 0.848 bits per heavy atom. The lowest BCUT2D eigenvalue weighted by Crippen LogP contribution is -2.22. The molecule has 0 unspecified atom stereocenters. The van der Waals surface area contributed by atoms with E-state index in [1.54, 1.807) is 6.07 Å². The summed E-state index contributed by atoms with van der Waals surface area (Å²) in [5.41, 5.74) is 5.47. The first-order valence-electron chi connectivity index (χ1n) is 11.4. The molecule has 4 heteroatoms. The molecule has 0 amide bonds. The van der Waals surface area contributed by atoms with Gasteiger partial charge in [0.05, 0.1) is 4.90 Å². The molecule has 0 spiro atoms. The molecule has 3 nitrogen and oxygen atoms in total. The molecule has 1 aliphatic heterocycles. The quantitative estimate of drug-likeness (QED) is 0.557. The number of hydrogen-bond donors (Lipinski definition) is 0. The summed E-state index contributed by atoms with van der Waals surface area (Å²) >= 11 is 0. The fourth-order valence-corrected chi connectivity index (χ4v) is 5.87. The second-order valence-electron chi connectivity index (χ2n) is 8.70. The van der Waals surface area contributed by atoms with Gasteiger partial charge in [-0.1, -0.05) is 60.7 Å². The summed E-state index contributed by atoms with van der Waals surface area (Å²) < 4.78 is 24.0. The maximum absolute atomic E-state index is 12.0. The highest BCUT2D eigenvalue weighted by Crippen LogP contribution is 2.18. The van der Waals surface area contributed by atoms with Gasteiger partial charge in [0, 0.05) is 25.1 Å².